The standard InChI is InChI=1S/C11H12F2N2O2/c1-17-10(16)4-8-2-3-9(14-5-8)15-6-11(12,13)7-15/h2-3,5H,4,6-7H2,1H3. The third kappa shape index (κ3) is 2.69. The van der Waals surface area contributed by atoms with Gasteiger partial charge in [0.2, 0.25) is 0 Å². The quantitative estimate of drug-likeness (QED) is 0.748. The van der Waals surface area contributed by atoms with Crippen LogP contribution in [0.15, 0.2) is 18.3 Å². The van der Waals surface area contributed by atoms with E-state index in [0.717, 1.165) is 0 Å². The summed E-state index contributed by atoms with van der Waals surface area (Å²) in [5, 5.41) is 0. The van der Waals surface area contributed by atoms with Crippen molar-refractivity contribution < 1.29 is 18.3 Å². The zero-order chi connectivity index (χ0) is 12.5. The van der Waals surface area contributed by atoms with Crippen LogP contribution in [0.3, 0.4) is 0 Å². The number of esters is 1. The van der Waals surface area contributed by atoms with Crippen LogP contribution in [0.1, 0.15) is 5.56 Å². The van der Waals surface area contributed by atoms with E-state index in [1.165, 1.54) is 18.2 Å². The van der Waals surface area contributed by atoms with Gasteiger partial charge in [-0.25, -0.2) is 13.8 Å². The molecule has 0 unspecified atom stereocenters. The lowest BCUT2D eigenvalue weighted by Crippen LogP contribution is -2.56. The van der Waals surface area contributed by atoms with E-state index < -0.39 is 5.92 Å². The Morgan fingerprint density at radius 2 is 2.24 bits per heavy atom. The Balaban J connectivity index is 1.97. The Labute approximate surface area is 97.2 Å². The molecule has 1 aromatic rings. The summed E-state index contributed by atoms with van der Waals surface area (Å²) in [6, 6.07) is 3.32. The van der Waals surface area contributed by atoms with Gasteiger partial charge in [0.25, 0.3) is 5.92 Å². The SMILES string of the molecule is COC(=O)Cc1ccc(N2CC(F)(F)C2)nc1. The highest BCUT2D eigenvalue weighted by atomic mass is 19.3. The van der Waals surface area contributed by atoms with Gasteiger partial charge in [-0.1, -0.05) is 6.07 Å². The summed E-state index contributed by atoms with van der Waals surface area (Å²) < 4.78 is 29.8. The van der Waals surface area contributed by atoms with Crippen molar-refractivity contribution >= 4 is 11.8 Å². The monoisotopic (exact) mass is 242 g/mol. The highest BCUT2D eigenvalue weighted by Gasteiger charge is 2.44. The van der Waals surface area contributed by atoms with Crippen LogP contribution < -0.4 is 4.90 Å². The number of ether oxygens (including phenoxy) is 1. The van der Waals surface area contributed by atoms with Crippen LogP contribution in [0.4, 0.5) is 14.6 Å². The first-order chi connectivity index (χ1) is 8.00. The van der Waals surface area contributed by atoms with Crippen LogP contribution >= 0.6 is 0 Å². The third-order valence-electron chi connectivity index (χ3n) is 2.55. The molecule has 0 radical (unpaired) electrons. The van der Waals surface area contributed by atoms with Gasteiger partial charge in [0, 0.05) is 6.20 Å². The van der Waals surface area contributed by atoms with Crippen LogP contribution in [-0.4, -0.2) is 37.1 Å². The first-order valence-corrected chi connectivity index (χ1v) is 5.15. The highest BCUT2D eigenvalue weighted by Crippen LogP contribution is 2.30. The summed E-state index contributed by atoms with van der Waals surface area (Å²) in [7, 11) is 1.31. The molecule has 2 rings (SSSR count). The molecular weight excluding hydrogens is 230 g/mol. The Hall–Kier alpha value is -1.72. The van der Waals surface area contributed by atoms with Gasteiger partial charge in [-0.3, -0.25) is 4.79 Å². The lowest BCUT2D eigenvalue weighted by atomic mass is 10.1. The fraction of sp³-hybridized carbons (Fsp3) is 0.455. The molecule has 0 bridgehead atoms. The number of aromatic nitrogens is 1. The Morgan fingerprint density at radius 3 is 2.71 bits per heavy atom. The van der Waals surface area contributed by atoms with E-state index in [4.69, 9.17) is 0 Å². The van der Waals surface area contributed by atoms with Crippen molar-refractivity contribution in [2.45, 2.75) is 12.3 Å². The summed E-state index contributed by atoms with van der Waals surface area (Å²) in [5.41, 5.74) is 0.702. The molecular formula is C11H12F2N2O2. The van der Waals surface area contributed by atoms with Gasteiger partial charge >= 0.3 is 5.97 Å². The van der Waals surface area contributed by atoms with Crippen molar-refractivity contribution in [3.05, 3.63) is 23.9 Å². The Kier molecular flexibility index (Phi) is 2.95. The van der Waals surface area contributed by atoms with Crippen LogP contribution in [0.25, 0.3) is 0 Å². The van der Waals surface area contributed by atoms with E-state index in [2.05, 4.69) is 9.72 Å². The Bertz CT molecular complexity index is 412. The van der Waals surface area contributed by atoms with Gasteiger partial charge < -0.3 is 9.64 Å². The van der Waals surface area contributed by atoms with Crippen LogP contribution in [0, 0.1) is 0 Å². The van der Waals surface area contributed by atoms with Crippen LogP contribution in [-0.2, 0) is 16.0 Å². The number of hydrogen-bond acceptors (Lipinski definition) is 4. The van der Waals surface area contributed by atoms with E-state index >= 15 is 0 Å². The van der Waals surface area contributed by atoms with Crippen molar-refractivity contribution in [1.29, 1.82) is 0 Å². The van der Waals surface area contributed by atoms with Crippen molar-refractivity contribution in [2.75, 3.05) is 25.1 Å². The largest absolute Gasteiger partial charge is 0.469 e. The molecule has 0 N–H and O–H groups in total. The van der Waals surface area contributed by atoms with Crippen molar-refractivity contribution in [3.8, 4) is 0 Å². The fourth-order valence-electron chi connectivity index (χ4n) is 1.62. The minimum absolute atomic E-state index is 0.139. The molecule has 1 saturated heterocycles. The van der Waals surface area contributed by atoms with Gasteiger partial charge in [0.1, 0.15) is 5.82 Å². The third-order valence-corrected chi connectivity index (χ3v) is 2.55. The second-order valence-corrected chi connectivity index (χ2v) is 3.99. The van der Waals surface area contributed by atoms with Crippen molar-refractivity contribution in [1.82, 2.24) is 4.98 Å². The molecule has 4 nitrogen and oxygen atoms in total. The van der Waals surface area contributed by atoms with Gasteiger partial charge in [0.15, 0.2) is 0 Å². The molecule has 1 aliphatic heterocycles. The number of methoxy groups -OCH3 is 1. The lowest BCUT2D eigenvalue weighted by molar-refractivity contribution is -0.139. The van der Waals surface area contributed by atoms with Gasteiger partial charge in [0.05, 0.1) is 26.6 Å². The summed E-state index contributed by atoms with van der Waals surface area (Å²) in [6.07, 6.45) is 1.64. The predicted molar refractivity (Wildman–Crippen MR) is 57.1 cm³/mol. The zero-order valence-electron chi connectivity index (χ0n) is 9.32. The molecule has 17 heavy (non-hydrogen) atoms. The normalized spacial score (nSPS) is 17.5. The van der Waals surface area contributed by atoms with Gasteiger partial charge in [-0.05, 0) is 11.6 Å². The summed E-state index contributed by atoms with van der Waals surface area (Å²) in [5.74, 6) is -2.45. The van der Waals surface area contributed by atoms with E-state index in [9.17, 15) is 13.6 Å². The van der Waals surface area contributed by atoms with Crippen molar-refractivity contribution in [3.63, 3.8) is 0 Å². The summed E-state index contributed by atoms with van der Waals surface area (Å²) in [4.78, 5) is 16.5. The molecule has 1 aliphatic rings. The summed E-state index contributed by atoms with van der Waals surface area (Å²) in [6.45, 7) is -0.591. The molecule has 92 valence electrons. The average molecular weight is 242 g/mol. The maximum absolute atomic E-state index is 12.6. The first-order valence-electron chi connectivity index (χ1n) is 5.15. The first kappa shape index (κ1) is 11.8. The number of carbonyl (C=O) groups excluding carboxylic acids is 1. The van der Waals surface area contributed by atoms with Crippen LogP contribution in [0.2, 0.25) is 0 Å². The minimum Gasteiger partial charge on any atom is -0.469 e. The predicted octanol–water partition coefficient (Wildman–Crippen LogP) is 1.25. The second kappa shape index (κ2) is 4.27. The number of rotatable bonds is 3. The fourth-order valence-corrected chi connectivity index (χ4v) is 1.62. The molecule has 1 fully saturated rings. The maximum Gasteiger partial charge on any atom is 0.310 e. The molecule has 2 heterocycles. The van der Waals surface area contributed by atoms with E-state index in [-0.39, 0.29) is 25.5 Å². The number of anilines is 1. The lowest BCUT2D eigenvalue weighted by Gasteiger charge is -2.39. The average Bonchev–Trinajstić information content (AvgIpc) is 2.27. The number of alkyl halides is 2. The minimum atomic E-state index is -2.60. The van der Waals surface area contributed by atoms with Gasteiger partial charge in [-0.15, -0.1) is 0 Å². The molecule has 0 atom stereocenters. The zero-order valence-corrected chi connectivity index (χ0v) is 9.32. The van der Waals surface area contributed by atoms with Crippen LogP contribution in [0.5, 0.6) is 0 Å². The van der Waals surface area contributed by atoms with Gasteiger partial charge in [-0.2, -0.15) is 0 Å². The maximum atomic E-state index is 12.6. The highest BCUT2D eigenvalue weighted by molar-refractivity contribution is 5.72. The number of hydrogen-bond donors (Lipinski definition) is 0. The van der Waals surface area contributed by atoms with Crippen molar-refractivity contribution in [2.24, 2.45) is 0 Å². The molecule has 0 amide bonds. The number of nitrogens with zero attached hydrogens (tertiary/aromatic N) is 2. The summed E-state index contributed by atoms with van der Waals surface area (Å²) >= 11 is 0. The smallest absolute Gasteiger partial charge is 0.310 e. The number of halogens is 2. The molecule has 0 spiro atoms. The molecule has 6 heteroatoms. The van der Waals surface area contributed by atoms with E-state index in [1.54, 1.807) is 12.1 Å². The van der Waals surface area contributed by atoms with E-state index in [1.807, 2.05) is 0 Å². The Morgan fingerprint density at radius 1 is 1.53 bits per heavy atom. The second-order valence-electron chi connectivity index (χ2n) is 3.99. The molecule has 0 aromatic carbocycles. The number of carbonyl (C=O) groups is 1. The molecule has 1 aromatic heterocycles. The number of pyridine rings is 1. The van der Waals surface area contributed by atoms with E-state index in [0.29, 0.717) is 11.4 Å². The topological polar surface area (TPSA) is 42.4 Å². The molecule has 0 aliphatic carbocycles. The molecule has 0 saturated carbocycles.